The summed E-state index contributed by atoms with van der Waals surface area (Å²) in [4.78, 5) is 0. The highest BCUT2D eigenvalue weighted by Crippen LogP contribution is 2.33. The van der Waals surface area contributed by atoms with Crippen molar-refractivity contribution in [1.82, 2.24) is 0 Å². The SMILES string of the molecule is CC1=CC(c2cccc3c2oc2ccccc23)[NH2+]C=C1. The summed E-state index contributed by atoms with van der Waals surface area (Å²) in [6.07, 6.45) is 6.54. The van der Waals surface area contributed by atoms with Gasteiger partial charge in [-0.25, -0.2) is 0 Å². The van der Waals surface area contributed by atoms with Crippen LogP contribution in [0.3, 0.4) is 0 Å². The average molecular weight is 262 g/mol. The zero-order chi connectivity index (χ0) is 13.5. The molecule has 0 bridgehead atoms. The van der Waals surface area contributed by atoms with Crippen molar-refractivity contribution in [2.75, 3.05) is 0 Å². The van der Waals surface area contributed by atoms with Crippen LogP contribution >= 0.6 is 0 Å². The van der Waals surface area contributed by atoms with Crippen LogP contribution in [0.15, 0.2) is 70.8 Å². The van der Waals surface area contributed by atoms with Crippen molar-refractivity contribution in [2.24, 2.45) is 0 Å². The average Bonchev–Trinajstić information content (AvgIpc) is 2.86. The molecule has 0 radical (unpaired) electrons. The number of allylic oxidation sites excluding steroid dienone is 2. The number of nitrogens with two attached hydrogens (primary N) is 1. The zero-order valence-electron chi connectivity index (χ0n) is 11.3. The lowest BCUT2D eigenvalue weighted by Crippen LogP contribution is -2.79. The highest BCUT2D eigenvalue weighted by Gasteiger charge is 2.19. The van der Waals surface area contributed by atoms with E-state index in [4.69, 9.17) is 4.42 Å². The monoisotopic (exact) mass is 262 g/mol. The Morgan fingerprint density at radius 1 is 1.00 bits per heavy atom. The van der Waals surface area contributed by atoms with Crippen LogP contribution in [0.4, 0.5) is 0 Å². The summed E-state index contributed by atoms with van der Waals surface area (Å²) < 4.78 is 6.10. The molecule has 2 N–H and O–H groups in total. The Labute approximate surface area is 117 Å². The fraction of sp³-hybridized carbons (Fsp3) is 0.111. The molecule has 1 aromatic heterocycles. The summed E-state index contributed by atoms with van der Waals surface area (Å²) in [5, 5.41) is 4.61. The molecule has 0 amide bonds. The second-order valence-electron chi connectivity index (χ2n) is 5.31. The third kappa shape index (κ3) is 1.69. The van der Waals surface area contributed by atoms with Crippen molar-refractivity contribution in [3.8, 4) is 0 Å². The van der Waals surface area contributed by atoms with E-state index in [0.29, 0.717) is 6.04 Å². The number of benzene rings is 2. The molecule has 0 fully saturated rings. The van der Waals surface area contributed by atoms with Gasteiger partial charge in [-0.05, 0) is 36.8 Å². The molecule has 2 heterocycles. The molecule has 2 nitrogen and oxygen atoms in total. The van der Waals surface area contributed by atoms with Gasteiger partial charge in [0.25, 0.3) is 0 Å². The Morgan fingerprint density at radius 2 is 1.85 bits per heavy atom. The van der Waals surface area contributed by atoms with E-state index >= 15 is 0 Å². The largest absolute Gasteiger partial charge is 0.456 e. The van der Waals surface area contributed by atoms with Crippen molar-refractivity contribution in [1.29, 1.82) is 0 Å². The molecule has 1 atom stereocenters. The van der Waals surface area contributed by atoms with Gasteiger partial charge in [-0.2, -0.15) is 0 Å². The van der Waals surface area contributed by atoms with Crippen LogP contribution in [0, 0.1) is 0 Å². The molecule has 3 aromatic rings. The highest BCUT2D eigenvalue weighted by atomic mass is 16.3. The number of furan rings is 1. The molecule has 1 aliphatic heterocycles. The Balaban J connectivity index is 1.98. The molecule has 0 saturated heterocycles. The molecule has 1 aliphatic rings. The smallest absolute Gasteiger partial charge is 0.144 e. The molecule has 98 valence electrons. The molecular formula is C18H16NO+. The van der Waals surface area contributed by atoms with Crippen LogP contribution in [-0.4, -0.2) is 0 Å². The summed E-state index contributed by atoms with van der Waals surface area (Å²) in [6, 6.07) is 14.9. The van der Waals surface area contributed by atoms with Crippen LogP contribution in [-0.2, 0) is 0 Å². The van der Waals surface area contributed by atoms with Crippen molar-refractivity contribution in [3.63, 3.8) is 0 Å². The number of fused-ring (bicyclic) bond motifs is 3. The van der Waals surface area contributed by atoms with Crippen LogP contribution in [0.1, 0.15) is 18.5 Å². The first-order valence-corrected chi connectivity index (χ1v) is 6.93. The minimum absolute atomic E-state index is 0.296. The van der Waals surface area contributed by atoms with E-state index in [9.17, 15) is 0 Å². The number of para-hydroxylation sites is 2. The Morgan fingerprint density at radius 3 is 2.75 bits per heavy atom. The van der Waals surface area contributed by atoms with Crippen LogP contribution in [0.5, 0.6) is 0 Å². The van der Waals surface area contributed by atoms with Gasteiger partial charge < -0.3 is 9.73 Å². The van der Waals surface area contributed by atoms with Crippen LogP contribution in [0.2, 0.25) is 0 Å². The maximum Gasteiger partial charge on any atom is 0.144 e. The van der Waals surface area contributed by atoms with E-state index in [1.54, 1.807) is 0 Å². The Hall–Kier alpha value is -2.32. The van der Waals surface area contributed by atoms with Crippen LogP contribution in [0.25, 0.3) is 21.9 Å². The molecule has 2 aromatic carbocycles. The topological polar surface area (TPSA) is 29.8 Å². The summed E-state index contributed by atoms with van der Waals surface area (Å²) in [6.45, 7) is 2.13. The minimum atomic E-state index is 0.296. The lowest BCUT2D eigenvalue weighted by Gasteiger charge is -2.13. The van der Waals surface area contributed by atoms with Gasteiger partial charge in [0.15, 0.2) is 0 Å². The lowest BCUT2D eigenvalue weighted by molar-refractivity contribution is -0.622. The Bertz CT molecular complexity index is 854. The second kappa shape index (κ2) is 4.36. The lowest BCUT2D eigenvalue weighted by atomic mass is 10.00. The first-order chi connectivity index (χ1) is 9.83. The first kappa shape index (κ1) is 11.5. The van der Waals surface area contributed by atoms with E-state index in [1.807, 2.05) is 12.1 Å². The standard InChI is InChI=1S/C18H15NO/c1-12-9-10-19-16(11-12)15-7-4-6-14-13-5-2-3-8-17(13)20-18(14)15/h2-11,16,19H,1H3/p+1. The predicted molar refractivity (Wildman–Crippen MR) is 81.3 cm³/mol. The molecular weight excluding hydrogens is 246 g/mol. The Kier molecular flexibility index (Phi) is 2.51. The van der Waals surface area contributed by atoms with Gasteiger partial charge >= 0.3 is 0 Å². The van der Waals surface area contributed by atoms with Gasteiger partial charge in [-0.3, -0.25) is 0 Å². The third-order valence-electron chi connectivity index (χ3n) is 3.91. The molecule has 0 saturated carbocycles. The van der Waals surface area contributed by atoms with E-state index in [0.717, 1.165) is 11.2 Å². The quantitative estimate of drug-likeness (QED) is 0.712. The van der Waals surface area contributed by atoms with E-state index in [2.05, 4.69) is 60.9 Å². The van der Waals surface area contributed by atoms with Gasteiger partial charge in [0, 0.05) is 10.8 Å². The summed E-state index contributed by atoms with van der Waals surface area (Å²) >= 11 is 0. The van der Waals surface area contributed by atoms with Gasteiger partial charge in [0.1, 0.15) is 17.2 Å². The van der Waals surface area contributed by atoms with E-state index in [-0.39, 0.29) is 0 Å². The number of rotatable bonds is 1. The summed E-state index contributed by atoms with van der Waals surface area (Å²) in [7, 11) is 0. The van der Waals surface area contributed by atoms with Crippen molar-refractivity contribution >= 4 is 21.9 Å². The summed E-state index contributed by atoms with van der Waals surface area (Å²) in [5.74, 6) is 0. The maximum atomic E-state index is 6.10. The number of hydrogen-bond donors (Lipinski definition) is 1. The number of hydrogen-bond acceptors (Lipinski definition) is 1. The number of quaternary nitrogens is 1. The molecule has 20 heavy (non-hydrogen) atoms. The third-order valence-corrected chi connectivity index (χ3v) is 3.91. The maximum absolute atomic E-state index is 6.10. The predicted octanol–water partition coefficient (Wildman–Crippen LogP) is 3.66. The van der Waals surface area contributed by atoms with E-state index < -0.39 is 0 Å². The van der Waals surface area contributed by atoms with Crippen molar-refractivity contribution in [2.45, 2.75) is 13.0 Å². The fourth-order valence-corrected chi connectivity index (χ4v) is 2.95. The van der Waals surface area contributed by atoms with Crippen molar-refractivity contribution in [3.05, 3.63) is 72.0 Å². The molecule has 0 spiro atoms. The van der Waals surface area contributed by atoms with Gasteiger partial charge in [0.2, 0.25) is 0 Å². The normalized spacial score (nSPS) is 18.6. The first-order valence-electron chi connectivity index (χ1n) is 6.93. The minimum Gasteiger partial charge on any atom is -0.456 e. The van der Waals surface area contributed by atoms with Gasteiger partial charge in [0.05, 0.1) is 11.8 Å². The van der Waals surface area contributed by atoms with Gasteiger partial charge in [-0.1, -0.05) is 30.3 Å². The highest BCUT2D eigenvalue weighted by molar-refractivity contribution is 6.05. The van der Waals surface area contributed by atoms with Gasteiger partial charge in [-0.15, -0.1) is 0 Å². The van der Waals surface area contributed by atoms with Crippen molar-refractivity contribution < 1.29 is 9.73 Å². The second-order valence-corrected chi connectivity index (χ2v) is 5.31. The molecule has 4 rings (SSSR count). The summed E-state index contributed by atoms with van der Waals surface area (Å²) in [5.41, 5.74) is 4.50. The van der Waals surface area contributed by atoms with E-state index in [1.165, 1.54) is 21.9 Å². The molecule has 2 heteroatoms. The molecule has 0 aliphatic carbocycles. The fourth-order valence-electron chi connectivity index (χ4n) is 2.95. The van der Waals surface area contributed by atoms with Crippen LogP contribution < -0.4 is 5.32 Å². The zero-order valence-corrected chi connectivity index (χ0v) is 11.3. The molecule has 1 unspecified atom stereocenters.